The maximum absolute atomic E-state index is 10.4. The molecule has 24 heavy (non-hydrogen) atoms. The molecule has 2 aromatic heterocycles. The van der Waals surface area contributed by atoms with E-state index in [-0.39, 0.29) is 13.0 Å². The first kappa shape index (κ1) is 15.8. The van der Waals surface area contributed by atoms with Crippen molar-refractivity contribution in [2.24, 2.45) is 0 Å². The number of aliphatic carboxylic acids is 1. The smallest absolute Gasteiger partial charge is 0.311 e. The van der Waals surface area contributed by atoms with E-state index in [0.717, 1.165) is 21.9 Å². The zero-order valence-electron chi connectivity index (χ0n) is 12.8. The molecule has 0 saturated carbocycles. The molecular weight excluding hydrogens is 308 g/mol. The molecule has 0 spiro atoms. The summed E-state index contributed by atoms with van der Waals surface area (Å²) in [5.74, 6) is 0.235. The van der Waals surface area contributed by atoms with E-state index in [0.29, 0.717) is 11.5 Å². The molecule has 0 amide bonds. The van der Waals surface area contributed by atoms with Crippen molar-refractivity contribution in [3.8, 4) is 0 Å². The monoisotopic (exact) mass is 324 g/mol. The molecule has 0 bridgehead atoms. The van der Waals surface area contributed by atoms with Crippen molar-refractivity contribution in [1.82, 2.24) is 0 Å². The van der Waals surface area contributed by atoms with Crippen LogP contribution in [0.2, 0.25) is 0 Å². The molecular formula is C19H16O5. The maximum atomic E-state index is 10.4. The lowest BCUT2D eigenvalue weighted by molar-refractivity contribution is -0.136. The van der Waals surface area contributed by atoms with Gasteiger partial charge in [0.25, 0.3) is 0 Å². The van der Waals surface area contributed by atoms with Crippen LogP contribution in [0.5, 0.6) is 0 Å². The molecule has 5 nitrogen and oxygen atoms in total. The molecule has 0 saturated heterocycles. The first-order chi connectivity index (χ1) is 11.7. The molecule has 122 valence electrons. The van der Waals surface area contributed by atoms with Gasteiger partial charge in [-0.2, -0.15) is 0 Å². The Morgan fingerprint density at radius 3 is 1.83 bits per heavy atom. The lowest BCUT2D eigenvalue weighted by Crippen LogP contribution is -1.97. The summed E-state index contributed by atoms with van der Waals surface area (Å²) in [6.45, 7) is -0.0331. The molecule has 0 aliphatic heterocycles. The normalized spacial score (nSPS) is 10.5. The van der Waals surface area contributed by atoms with Gasteiger partial charge < -0.3 is 19.0 Å². The summed E-state index contributed by atoms with van der Waals surface area (Å²) in [4.78, 5) is 10.4. The second-order valence-electron chi connectivity index (χ2n) is 5.23. The second kappa shape index (κ2) is 7.02. The summed E-state index contributed by atoms with van der Waals surface area (Å²) in [6.07, 6.45) is -0.0608. The zero-order chi connectivity index (χ0) is 16.9. The minimum Gasteiger partial charge on any atom is -0.481 e. The molecule has 2 heterocycles. The zero-order valence-corrected chi connectivity index (χ0v) is 12.8. The Morgan fingerprint density at radius 1 is 0.833 bits per heavy atom. The number of aliphatic hydroxyl groups is 1. The number of benzene rings is 2. The van der Waals surface area contributed by atoms with E-state index in [2.05, 4.69) is 0 Å². The quantitative estimate of drug-likeness (QED) is 0.595. The largest absolute Gasteiger partial charge is 0.481 e. The summed E-state index contributed by atoms with van der Waals surface area (Å²) < 4.78 is 10.6. The van der Waals surface area contributed by atoms with Crippen molar-refractivity contribution in [1.29, 1.82) is 0 Å². The number of fused-ring (bicyclic) bond motifs is 2. The first-order valence-electron chi connectivity index (χ1n) is 7.43. The number of aliphatic hydroxyl groups excluding tert-OH is 1. The van der Waals surface area contributed by atoms with E-state index in [1.807, 2.05) is 54.6 Å². The SMILES string of the molecule is O=C(O)Cc1cc2ccccc2o1.OCc1cc2ccccc2o1. The van der Waals surface area contributed by atoms with Crippen molar-refractivity contribution in [2.45, 2.75) is 13.0 Å². The van der Waals surface area contributed by atoms with Gasteiger partial charge >= 0.3 is 5.97 Å². The first-order valence-corrected chi connectivity index (χ1v) is 7.43. The summed E-state index contributed by atoms with van der Waals surface area (Å²) >= 11 is 0. The van der Waals surface area contributed by atoms with Gasteiger partial charge in [-0.25, -0.2) is 0 Å². The van der Waals surface area contributed by atoms with Crippen LogP contribution in [0.25, 0.3) is 21.9 Å². The predicted octanol–water partition coefficient (Wildman–Crippen LogP) is 3.99. The summed E-state index contributed by atoms with van der Waals surface area (Å²) in [6, 6.07) is 18.8. The summed E-state index contributed by atoms with van der Waals surface area (Å²) in [5, 5.41) is 19.3. The summed E-state index contributed by atoms with van der Waals surface area (Å²) in [7, 11) is 0. The van der Waals surface area contributed by atoms with E-state index in [4.69, 9.17) is 19.0 Å². The molecule has 5 heteroatoms. The maximum Gasteiger partial charge on any atom is 0.311 e. The van der Waals surface area contributed by atoms with Crippen LogP contribution in [0.4, 0.5) is 0 Å². The van der Waals surface area contributed by atoms with Crippen LogP contribution in [0.1, 0.15) is 11.5 Å². The highest BCUT2D eigenvalue weighted by molar-refractivity contribution is 5.79. The number of hydrogen-bond acceptors (Lipinski definition) is 4. The van der Waals surface area contributed by atoms with Crippen molar-refractivity contribution in [3.05, 3.63) is 72.2 Å². The van der Waals surface area contributed by atoms with Crippen LogP contribution in [0, 0.1) is 0 Å². The molecule has 0 fully saturated rings. The number of carboxylic acids is 1. The molecule has 0 atom stereocenters. The number of hydrogen-bond donors (Lipinski definition) is 2. The van der Waals surface area contributed by atoms with Gasteiger partial charge in [-0.05, 0) is 24.3 Å². The molecule has 0 unspecified atom stereocenters. The van der Waals surface area contributed by atoms with Crippen LogP contribution in [0.15, 0.2) is 69.5 Å². The second-order valence-corrected chi connectivity index (χ2v) is 5.23. The topological polar surface area (TPSA) is 83.8 Å². The number of furan rings is 2. The van der Waals surface area contributed by atoms with Gasteiger partial charge in [-0.1, -0.05) is 36.4 Å². The third kappa shape index (κ3) is 3.64. The van der Waals surface area contributed by atoms with Crippen LogP contribution in [-0.4, -0.2) is 16.2 Å². The molecule has 4 rings (SSSR count). The highest BCUT2D eigenvalue weighted by Gasteiger charge is 2.06. The van der Waals surface area contributed by atoms with Crippen molar-refractivity contribution in [2.75, 3.05) is 0 Å². The van der Waals surface area contributed by atoms with Gasteiger partial charge in [0.15, 0.2) is 0 Å². The van der Waals surface area contributed by atoms with Gasteiger partial charge in [0.1, 0.15) is 35.7 Å². The molecule has 2 N–H and O–H groups in total. The van der Waals surface area contributed by atoms with E-state index < -0.39 is 5.97 Å². The minimum absolute atomic E-state index is 0.0331. The standard InChI is InChI=1S/C10H8O3.C9H8O2/c11-10(12)6-8-5-7-3-1-2-4-9(7)13-8;10-6-8-5-7-3-1-2-4-9(7)11-8/h1-5H,6H2,(H,11,12);1-5,10H,6H2. The Labute approximate surface area is 137 Å². The van der Waals surface area contributed by atoms with Crippen LogP contribution >= 0.6 is 0 Å². The van der Waals surface area contributed by atoms with Crippen LogP contribution in [-0.2, 0) is 17.8 Å². The van der Waals surface area contributed by atoms with Gasteiger partial charge in [0, 0.05) is 10.8 Å². The fourth-order valence-electron chi connectivity index (χ4n) is 2.39. The fourth-order valence-corrected chi connectivity index (χ4v) is 2.39. The van der Waals surface area contributed by atoms with Gasteiger partial charge in [0.05, 0.1) is 0 Å². The number of rotatable bonds is 3. The number of para-hydroxylation sites is 2. The van der Waals surface area contributed by atoms with Crippen LogP contribution in [0.3, 0.4) is 0 Å². The molecule has 2 aromatic carbocycles. The number of carbonyl (C=O) groups is 1. The highest BCUT2D eigenvalue weighted by atomic mass is 16.4. The Bertz CT molecular complexity index is 898. The lowest BCUT2D eigenvalue weighted by Gasteiger charge is -1.86. The highest BCUT2D eigenvalue weighted by Crippen LogP contribution is 2.19. The Kier molecular flexibility index (Phi) is 4.63. The van der Waals surface area contributed by atoms with Gasteiger partial charge in [-0.3, -0.25) is 4.79 Å². The van der Waals surface area contributed by atoms with E-state index in [1.165, 1.54) is 0 Å². The third-order valence-electron chi connectivity index (χ3n) is 3.43. The van der Waals surface area contributed by atoms with E-state index in [1.54, 1.807) is 6.07 Å². The molecule has 0 aliphatic carbocycles. The molecule has 0 aliphatic rings. The molecule has 0 radical (unpaired) electrons. The van der Waals surface area contributed by atoms with Gasteiger partial charge in [0.2, 0.25) is 0 Å². The van der Waals surface area contributed by atoms with Crippen molar-refractivity contribution >= 4 is 27.9 Å². The Hall–Kier alpha value is -3.05. The van der Waals surface area contributed by atoms with E-state index >= 15 is 0 Å². The lowest BCUT2D eigenvalue weighted by atomic mass is 10.2. The van der Waals surface area contributed by atoms with Gasteiger partial charge in [-0.15, -0.1) is 0 Å². The predicted molar refractivity (Wildman–Crippen MR) is 89.7 cm³/mol. The van der Waals surface area contributed by atoms with Crippen LogP contribution < -0.4 is 0 Å². The Balaban J connectivity index is 0.000000143. The molecule has 4 aromatic rings. The average molecular weight is 324 g/mol. The minimum atomic E-state index is -0.876. The van der Waals surface area contributed by atoms with Crippen molar-refractivity contribution < 1.29 is 23.8 Å². The Morgan fingerprint density at radius 2 is 1.33 bits per heavy atom. The summed E-state index contributed by atoms with van der Waals surface area (Å²) in [5.41, 5.74) is 1.57. The fraction of sp³-hybridized carbons (Fsp3) is 0.105. The van der Waals surface area contributed by atoms with E-state index in [9.17, 15) is 4.79 Å². The average Bonchev–Trinajstić information content (AvgIpc) is 3.17. The van der Waals surface area contributed by atoms with Crippen molar-refractivity contribution in [3.63, 3.8) is 0 Å². The number of carboxylic acid groups (broad SMARTS) is 1. The third-order valence-corrected chi connectivity index (χ3v) is 3.43.